The molecule has 2 rings (SSSR count). The number of hydrogen-bond donors (Lipinski definition) is 2. The molecule has 2 amide bonds. The van der Waals surface area contributed by atoms with Crippen molar-refractivity contribution in [3.05, 3.63) is 54.1 Å². The second-order valence-electron chi connectivity index (χ2n) is 5.29. The van der Waals surface area contributed by atoms with Crippen LogP contribution in [-0.4, -0.2) is 32.7 Å². The monoisotopic (exact) mass is 327 g/mol. The number of esters is 1. The molecule has 0 spiro atoms. The van der Waals surface area contributed by atoms with E-state index in [4.69, 9.17) is 4.74 Å². The Balaban J connectivity index is 2.06. The maximum absolute atomic E-state index is 12.1. The predicted molar refractivity (Wildman–Crippen MR) is 95.8 cm³/mol. The Hall–Kier alpha value is -3.02. The van der Waals surface area contributed by atoms with Gasteiger partial charge in [-0.25, -0.2) is 9.59 Å². The number of benzene rings is 2. The summed E-state index contributed by atoms with van der Waals surface area (Å²) in [6.45, 7) is 2.01. The summed E-state index contributed by atoms with van der Waals surface area (Å²) in [4.78, 5) is 26.0. The van der Waals surface area contributed by atoms with Gasteiger partial charge in [0.25, 0.3) is 0 Å². The quantitative estimate of drug-likeness (QED) is 0.824. The Bertz CT molecular complexity index is 712. The normalized spacial score (nSPS) is 9.96. The highest BCUT2D eigenvalue weighted by Crippen LogP contribution is 2.18. The molecule has 126 valence electrons. The Kier molecular flexibility index (Phi) is 5.78. The molecule has 2 aromatic rings. The van der Waals surface area contributed by atoms with Crippen LogP contribution >= 0.6 is 0 Å². The van der Waals surface area contributed by atoms with E-state index in [2.05, 4.69) is 10.6 Å². The fourth-order valence-corrected chi connectivity index (χ4v) is 2.11. The number of amides is 2. The molecule has 0 unspecified atom stereocenters. The molecule has 0 heterocycles. The summed E-state index contributed by atoms with van der Waals surface area (Å²) in [7, 11) is 3.89. The number of hydrogen-bond acceptors (Lipinski definition) is 4. The lowest BCUT2D eigenvalue weighted by atomic mass is 10.2. The minimum Gasteiger partial charge on any atom is -0.462 e. The smallest absolute Gasteiger partial charge is 0.340 e. The standard InChI is InChI=1S/C18H21N3O3/c1-4-24-17(22)15-7-5-6-8-16(15)20-18(23)19-13-9-11-14(12-10-13)21(2)3/h5-12H,4H2,1-3H3,(H2,19,20,23). The Morgan fingerprint density at radius 2 is 1.67 bits per heavy atom. The molecule has 0 saturated carbocycles. The molecule has 24 heavy (non-hydrogen) atoms. The first-order valence-corrected chi connectivity index (χ1v) is 7.62. The van der Waals surface area contributed by atoms with Gasteiger partial charge < -0.3 is 20.3 Å². The Labute approximate surface area is 141 Å². The van der Waals surface area contributed by atoms with E-state index in [1.165, 1.54) is 0 Å². The first kappa shape index (κ1) is 17.3. The molecule has 0 atom stereocenters. The number of carbonyl (C=O) groups is 2. The van der Waals surface area contributed by atoms with E-state index in [1.54, 1.807) is 31.2 Å². The zero-order valence-electron chi connectivity index (χ0n) is 14.0. The third-order valence-corrected chi connectivity index (χ3v) is 3.31. The zero-order chi connectivity index (χ0) is 17.5. The van der Waals surface area contributed by atoms with Gasteiger partial charge in [0.1, 0.15) is 0 Å². The van der Waals surface area contributed by atoms with E-state index in [9.17, 15) is 9.59 Å². The van der Waals surface area contributed by atoms with Crippen molar-refractivity contribution in [2.75, 3.05) is 36.2 Å². The molecular formula is C18H21N3O3. The molecule has 0 saturated heterocycles. The SMILES string of the molecule is CCOC(=O)c1ccccc1NC(=O)Nc1ccc(N(C)C)cc1. The lowest BCUT2D eigenvalue weighted by molar-refractivity contribution is 0.0527. The number of nitrogens with zero attached hydrogens (tertiary/aromatic N) is 1. The van der Waals surface area contributed by atoms with E-state index in [-0.39, 0.29) is 6.61 Å². The van der Waals surface area contributed by atoms with Crippen LogP contribution in [0.25, 0.3) is 0 Å². The molecule has 0 aliphatic heterocycles. The summed E-state index contributed by atoms with van der Waals surface area (Å²) in [6.07, 6.45) is 0. The van der Waals surface area contributed by atoms with Crippen LogP contribution in [0.15, 0.2) is 48.5 Å². The van der Waals surface area contributed by atoms with Crippen LogP contribution in [0.3, 0.4) is 0 Å². The third-order valence-electron chi connectivity index (χ3n) is 3.31. The van der Waals surface area contributed by atoms with E-state index in [0.29, 0.717) is 16.9 Å². The lowest BCUT2D eigenvalue weighted by Crippen LogP contribution is -2.21. The van der Waals surface area contributed by atoms with Crippen LogP contribution in [0.2, 0.25) is 0 Å². The molecule has 0 fully saturated rings. The Morgan fingerprint density at radius 1 is 1.00 bits per heavy atom. The molecule has 0 radical (unpaired) electrons. The fraction of sp³-hybridized carbons (Fsp3) is 0.222. The van der Waals surface area contributed by atoms with E-state index in [1.807, 2.05) is 43.3 Å². The summed E-state index contributed by atoms with van der Waals surface area (Å²) < 4.78 is 4.99. The average Bonchev–Trinajstić information content (AvgIpc) is 2.56. The van der Waals surface area contributed by atoms with Gasteiger partial charge in [0.05, 0.1) is 17.9 Å². The van der Waals surface area contributed by atoms with Crippen LogP contribution < -0.4 is 15.5 Å². The van der Waals surface area contributed by atoms with Crippen LogP contribution in [0.1, 0.15) is 17.3 Å². The van der Waals surface area contributed by atoms with Gasteiger partial charge in [-0.1, -0.05) is 12.1 Å². The van der Waals surface area contributed by atoms with Crippen LogP contribution in [0.4, 0.5) is 21.9 Å². The van der Waals surface area contributed by atoms with Gasteiger partial charge in [-0.2, -0.15) is 0 Å². The molecule has 0 aliphatic carbocycles. The number of nitrogens with one attached hydrogen (secondary N) is 2. The van der Waals surface area contributed by atoms with Crippen molar-refractivity contribution in [1.29, 1.82) is 0 Å². The fourth-order valence-electron chi connectivity index (χ4n) is 2.11. The molecule has 2 N–H and O–H groups in total. The number of carbonyl (C=O) groups excluding carboxylic acids is 2. The number of urea groups is 1. The number of ether oxygens (including phenoxy) is 1. The van der Waals surface area contributed by atoms with E-state index < -0.39 is 12.0 Å². The van der Waals surface area contributed by atoms with Crippen LogP contribution in [0, 0.1) is 0 Å². The van der Waals surface area contributed by atoms with Gasteiger partial charge in [-0.3, -0.25) is 0 Å². The maximum Gasteiger partial charge on any atom is 0.340 e. The summed E-state index contributed by atoms with van der Waals surface area (Å²) >= 11 is 0. The summed E-state index contributed by atoms with van der Waals surface area (Å²) in [6, 6.07) is 13.7. The van der Waals surface area contributed by atoms with Gasteiger partial charge in [0.2, 0.25) is 0 Å². The number of rotatable bonds is 5. The molecule has 6 heteroatoms. The maximum atomic E-state index is 12.1. The molecule has 2 aromatic carbocycles. The van der Waals surface area contributed by atoms with Crippen molar-refractivity contribution in [3.8, 4) is 0 Å². The van der Waals surface area contributed by atoms with E-state index >= 15 is 0 Å². The zero-order valence-corrected chi connectivity index (χ0v) is 14.0. The van der Waals surface area contributed by atoms with Gasteiger partial charge in [0.15, 0.2) is 0 Å². The highest BCUT2D eigenvalue weighted by Gasteiger charge is 2.13. The summed E-state index contributed by atoms with van der Waals surface area (Å²) in [5.74, 6) is -0.469. The van der Waals surface area contributed by atoms with Crippen molar-refractivity contribution >= 4 is 29.1 Å². The first-order valence-electron chi connectivity index (χ1n) is 7.62. The lowest BCUT2D eigenvalue weighted by Gasteiger charge is -2.14. The second-order valence-corrected chi connectivity index (χ2v) is 5.29. The molecule has 6 nitrogen and oxygen atoms in total. The highest BCUT2D eigenvalue weighted by atomic mass is 16.5. The molecule has 0 bridgehead atoms. The molecule has 0 aromatic heterocycles. The van der Waals surface area contributed by atoms with Gasteiger partial charge in [-0.05, 0) is 43.3 Å². The van der Waals surface area contributed by atoms with E-state index in [0.717, 1.165) is 5.69 Å². The van der Waals surface area contributed by atoms with Crippen molar-refractivity contribution in [1.82, 2.24) is 0 Å². The summed E-state index contributed by atoms with van der Waals surface area (Å²) in [5.41, 5.74) is 2.41. The second kappa shape index (κ2) is 8.01. The number of anilines is 3. The summed E-state index contributed by atoms with van der Waals surface area (Å²) in [5, 5.41) is 5.41. The van der Waals surface area contributed by atoms with Crippen molar-refractivity contribution in [2.45, 2.75) is 6.92 Å². The largest absolute Gasteiger partial charge is 0.462 e. The minimum atomic E-state index is -0.469. The van der Waals surface area contributed by atoms with Gasteiger partial charge in [0, 0.05) is 25.5 Å². The molecular weight excluding hydrogens is 306 g/mol. The number of para-hydroxylation sites is 1. The predicted octanol–water partition coefficient (Wildman–Crippen LogP) is 3.57. The minimum absolute atomic E-state index is 0.275. The average molecular weight is 327 g/mol. The van der Waals surface area contributed by atoms with Crippen LogP contribution in [0.5, 0.6) is 0 Å². The Morgan fingerprint density at radius 3 is 2.29 bits per heavy atom. The van der Waals surface area contributed by atoms with Gasteiger partial charge >= 0.3 is 12.0 Å². The highest BCUT2D eigenvalue weighted by molar-refractivity contribution is 6.05. The topological polar surface area (TPSA) is 70.7 Å². The van der Waals surface area contributed by atoms with Gasteiger partial charge in [-0.15, -0.1) is 0 Å². The third kappa shape index (κ3) is 4.49. The van der Waals surface area contributed by atoms with Crippen molar-refractivity contribution in [3.63, 3.8) is 0 Å². The molecule has 0 aliphatic rings. The van der Waals surface area contributed by atoms with Crippen molar-refractivity contribution < 1.29 is 14.3 Å². The van der Waals surface area contributed by atoms with Crippen molar-refractivity contribution in [2.24, 2.45) is 0 Å². The van der Waals surface area contributed by atoms with Crippen LogP contribution in [-0.2, 0) is 4.74 Å². The first-order chi connectivity index (χ1) is 11.5.